The molecule has 0 fully saturated rings. The Hall–Kier alpha value is -1.99. The summed E-state index contributed by atoms with van der Waals surface area (Å²) in [6.07, 6.45) is 2.97. The van der Waals surface area contributed by atoms with E-state index in [0.717, 1.165) is 12.1 Å². The monoisotopic (exact) mass is 306 g/mol. The summed E-state index contributed by atoms with van der Waals surface area (Å²) in [5, 5.41) is 3.17. The number of hydrogen-bond donors (Lipinski definition) is 2. The van der Waals surface area contributed by atoms with Gasteiger partial charge in [-0.25, -0.2) is 23.1 Å². The van der Waals surface area contributed by atoms with Crippen molar-refractivity contribution in [2.24, 2.45) is 0 Å². The molecule has 6 nitrogen and oxygen atoms in total. The van der Waals surface area contributed by atoms with E-state index in [9.17, 15) is 8.42 Å². The highest BCUT2D eigenvalue weighted by molar-refractivity contribution is 7.92. The molecule has 21 heavy (non-hydrogen) atoms. The van der Waals surface area contributed by atoms with E-state index in [1.165, 1.54) is 12.4 Å². The molecule has 0 saturated heterocycles. The standard InChI is InChI=1S/C14H18N4O2S/c1-3-15-10-12-6-5-11(2)13(9-12)21(19,20)18-14-16-7-4-8-17-14/h4-9,15H,3,10H2,1-2H3,(H,16,17,18). The predicted molar refractivity (Wildman–Crippen MR) is 81.4 cm³/mol. The molecule has 7 heteroatoms. The molecule has 2 aromatic rings. The summed E-state index contributed by atoms with van der Waals surface area (Å²) in [5.41, 5.74) is 1.59. The van der Waals surface area contributed by atoms with Gasteiger partial charge in [-0.15, -0.1) is 0 Å². The van der Waals surface area contributed by atoms with Crippen molar-refractivity contribution in [2.45, 2.75) is 25.3 Å². The van der Waals surface area contributed by atoms with Crippen LogP contribution in [-0.4, -0.2) is 24.9 Å². The molecule has 0 aliphatic carbocycles. The van der Waals surface area contributed by atoms with Crippen LogP contribution in [0.5, 0.6) is 0 Å². The predicted octanol–water partition coefficient (Wildman–Crippen LogP) is 1.70. The second-order valence-electron chi connectivity index (χ2n) is 4.56. The minimum absolute atomic E-state index is 0.0639. The summed E-state index contributed by atoms with van der Waals surface area (Å²) in [6, 6.07) is 7.01. The lowest BCUT2D eigenvalue weighted by molar-refractivity contribution is 0.600. The number of benzene rings is 1. The number of nitrogens with one attached hydrogen (secondary N) is 2. The third kappa shape index (κ3) is 3.99. The Morgan fingerprint density at radius 3 is 2.57 bits per heavy atom. The minimum atomic E-state index is -3.69. The van der Waals surface area contributed by atoms with E-state index in [1.807, 2.05) is 13.0 Å². The van der Waals surface area contributed by atoms with Crippen LogP contribution in [0.2, 0.25) is 0 Å². The van der Waals surface area contributed by atoms with E-state index in [0.29, 0.717) is 12.1 Å². The molecule has 112 valence electrons. The summed E-state index contributed by atoms with van der Waals surface area (Å²) in [6.45, 7) is 5.21. The van der Waals surface area contributed by atoms with Crippen molar-refractivity contribution in [3.63, 3.8) is 0 Å². The van der Waals surface area contributed by atoms with Crippen molar-refractivity contribution in [3.05, 3.63) is 47.8 Å². The van der Waals surface area contributed by atoms with E-state index in [4.69, 9.17) is 0 Å². The fourth-order valence-electron chi connectivity index (χ4n) is 1.84. The van der Waals surface area contributed by atoms with Gasteiger partial charge in [-0.2, -0.15) is 0 Å². The van der Waals surface area contributed by atoms with Gasteiger partial charge < -0.3 is 5.32 Å². The van der Waals surface area contributed by atoms with Crippen LogP contribution in [0.25, 0.3) is 0 Å². The molecule has 0 unspecified atom stereocenters. The average Bonchev–Trinajstić information content (AvgIpc) is 2.47. The van der Waals surface area contributed by atoms with Crippen LogP contribution in [0, 0.1) is 6.92 Å². The first-order valence-corrected chi connectivity index (χ1v) is 8.11. The van der Waals surface area contributed by atoms with Gasteiger partial charge in [0.25, 0.3) is 10.0 Å². The quantitative estimate of drug-likeness (QED) is 0.848. The highest BCUT2D eigenvalue weighted by Crippen LogP contribution is 2.19. The Balaban J connectivity index is 2.30. The molecule has 2 N–H and O–H groups in total. The van der Waals surface area contributed by atoms with E-state index in [2.05, 4.69) is 20.0 Å². The molecule has 0 saturated carbocycles. The molecule has 0 spiro atoms. The van der Waals surface area contributed by atoms with Gasteiger partial charge in [0.15, 0.2) is 0 Å². The molecule has 0 amide bonds. The highest BCUT2D eigenvalue weighted by Gasteiger charge is 2.18. The maximum atomic E-state index is 12.4. The number of aromatic nitrogens is 2. The number of rotatable bonds is 6. The van der Waals surface area contributed by atoms with E-state index in [1.54, 1.807) is 25.1 Å². The molecule has 0 aliphatic heterocycles. The maximum Gasteiger partial charge on any atom is 0.264 e. The van der Waals surface area contributed by atoms with Crippen LogP contribution >= 0.6 is 0 Å². The number of anilines is 1. The summed E-state index contributed by atoms with van der Waals surface area (Å²) < 4.78 is 27.3. The van der Waals surface area contributed by atoms with Gasteiger partial charge in [-0.1, -0.05) is 19.1 Å². The van der Waals surface area contributed by atoms with Crippen molar-refractivity contribution in [2.75, 3.05) is 11.3 Å². The van der Waals surface area contributed by atoms with Gasteiger partial charge in [0.1, 0.15) is 0 Å². The van der Waals surface area contributed by atoms with Crippen LogP contribution in [0.4, 0.5) is 5.95 Å². The Bertz CT molecular complexity index is 702. The van der Waals surface area contributed by atoms with Crippen LogP contribution in [0.3, 0.4) is 0 Å². The fourth-order valence-corrected chi connectivity index (χ4v) is 3.09. The summed E-state index contributed by atoms with van der Waals surface area (Å²) in [7, 11) is -3.69. The van der Waals surface area contributed by atoms with Gasteiger partial charge in [-0.05, 0) is 36.7 Å². The summed E-state index contributed by atoms with van der Waals surface area (Å²) >= 11 is 0. The maximum absolute atomic E-state index is 12.4. The minimum Gasteiger partial charge on any atom is -0.313 e. The third-order valence-electron chi connectivity index (χ3n) is 2.91. The van der Waals surface area contributed by atoms with Crippen LogP contribution in [-0.2, 0) is 16.6 Å². The lowest BCUT2D eigenvalue weighted by Gasteiger charge is -2.11. The lowest BCUT2D eigenvalue weighted by atomic mass is 10.1. The topological polar surface area (TPSA) is 84.0 Å². The molecular formula is C14H18N4O2S. The molecule has 2 rings (SSSR count). The second-order valence-corrected chi connectivity index (χ2v) is 6.21. The molecule has 1 aromatic heterocycles. The third-order valence-corrected chi connectivity index (χ3v) is 4.38. The summed E-state index contributed by atoms with van der Waals surface area (Å²) in [4.78, 5) is 8.00. The number of nitrogens with zero attached hydrogens (tertiary/aromatic N) is 2. The van der Waals surface area contributed by atoms with Gasteiger partial charge in [0, 0.05) is 18.9 Å². The first-order chi connectivity index (χ1) is 10.0. The molecule has 1 heterocycles. The van der Waals surface area contributed by atoms with E-state index >= 15 is 0 Å². The van der Waals surface area contributed by atoms with E-state index in [-0.39, 0.29) is 10.8 Å². The molecule has 1 aromatic carbocycles. The smallest absolute Gasteiger partial charge is 0.264 e. The Morgan fingerprint density at radius 2 is 1.90 bits per heavy atom. The Labute approximate surface area is 124 Å². The van der Waals surface area contributed by atoms with Gasteiger partial charge in [0.05, 0.1) is 4.90 Å². The molecule has 0 radical (unpaired) electrons. The molecule has 0 atom stereocenters. The Morgan fingerprint density at radius 1 is 1.19 bits per heavy atom. The first-order valence-electron chi connectivity index (χ1n) is 6.63. The van der Waals surface area contributed by atoms with Crippen molar-refractivity contribution in [1.82, 2.24) is 15.3 Å². The van der Waals surface area contributed by atoms with Crippen LogP contribution < -0.4 is 10.0 Å². The zero-order valence-corrected chi connectivity index (χ0v) is 12.8. The van der Waals surface area contributed by atoms with Crippen molar-refractivity contribution < 1.29 is 8.42 Å². The zero-order chi connectivity index (χ0) is 15.3. The number of sulfonamides is 1. The van der Waals surface area contributed by atoms with Gasteiger partial charge >= 0.3 is 0 Å². The lowest BCUT2D eigenvalue weighted by Crippen LogP contribution is -2.17. The van der Waals surface area contributed by atoms with Crippen LogP contribution in [0.1, 0.15) is 18.1 Å². The SMILES string of the molecule is CCNCc1ccc(C)c(S(=O)(=O)Nc2ncccn2)c1. The average molecular weight is 306 g/mol. The molecule has 0 bridgehead atoms. The Kier molecular flexibility index (Phi) is 4.87. The van der Waals surface area contributed by atoms with Crippen LogP contribution in [0.15, 0.2) is 41.6 Å². The van der Waals surface area contributed by atoms with Crippen molar-refractivity contribution >= 4 is 16.0 Å². The fraction of sp³-hybridized carbons (Fsp3) is 0.286. The molecular weight excluding hydrogens is 288 g/mol. The number of hydrogen-bond acceptors (Lipinski definition) is 5. The summed E-state index contributed by atoms with van der Waals surface area (Å²) in [5.74, 6) is 0.0639. The van der Waals surface area contributed by atoms with Crippen molar-refractivity contribution in [3.8, 4) is 0 Å². The van der Waals surface area contributed by atoms with Crippen molar-refractivity contribution in [1.29, 1.82) is 0 Å². The van der Waals surface area contributed by atoms with Gasteiger partial charge in [-0.3, -0.25) is 0 Å². The van der Waals surface area contributed by atoms with Gasteiger partial charge in [0.2, 0.25) is 5.95 Å². The van der Waals surface area contributed by atoms with E-state index < -0.39 is 10.0 Å². The normalized spacial score (nSPS) is 11.3. The first kappa shape index (κ1) is 15.4. The number of aryl methyl sites for hydroxylation is 1. The molecule has 0 aliphatic rings. The zero-order valence-electron chi connectivity index (χ0n) is 12.0. The largest absolute Gasteiger partial charge is 0.313 e. The second kappa shape index (κ2) is 6.64. The highest BCUT2D eigenvalue weighted by atomic mass is 32.2.